The van der Waals surface area contributed by atoms with Gasteiger partial charge in [-0.3, -0.25) is 0 Å². The van der Waals surface area contributed by atoms with Crippen molar-refractivity contribution >= 4 is 43.5 Å². The molecule has 0 fully saturated rings. The summed E-state index contributed by atoms with van der Waals surface area (Å²) >= 11 is 0. The maximum atomic E-state index is 9.19. The van der Waals surface area contributed by atoms with E-state index in [1.165, 1.54) is 17.8 Å². The molecule has 0 amide bonds. The van der Waals surface area contributed by atoms with Crippen molar-refractivity contribution in [2.24, 2.45) is 0 Å². The molecule has 0 spiro atoms. The minimum atomic E-state index is -2.53. The summed E-state index contributed by atoms with van der Waals surface area (Å²) in [6, 6.07) is 41.1. The van der Waals surface area contributed by atoms with Crippen LogP contribution in [0.25, 0.3) is 77.1 Å². The first kappa shape index (κ1) is 33.2. The van der Waals surface area contributed by atoms with Crippen LogP contribution in [0.2, 0.25) is 0 Å². The molecule has 0 aliphatic carbocycles. The summed E-state index contributed by atoms with van der Waals surface area (Å²) in [5.41, 5.74) is 8.18. The van der Waals surface area contributed by atoms with Crippen molar-refractivity contribution in [3.63, 3.8) is 0 Å². The summed E-state index contributed by atoms with van der Waals surface area (Å²) < 4.78 is 81.3. The molecule has 9 rings (SSSR count). The number of hydrogen-bond donors (Lipinski definition) is 0. The largest absolute Gasteiger partial charge is 0.501 e. The van der Waals surface area contributed by atoms with E-state index in [2.05, 4.69) is 79.3 Å². The average Bonchev–Trinajstić information content (AvgIpc) is 3.64. The number of benzene rings is 6. The Balaban J connectivity index is 0.000000289. The van der Waals surface area contributed by atoms with Gasteiger partial charge in [0.15, 0.2) is 0 Å². The zero-order valence-electron chi connectivity index (χ0n) is 45.2. The molecule has 3 aromatic heterocycles. The van der Waals surface area contributed by atoms with E-state index in [9.17, 15) is 2.74 Å². The van der Waals surface area contributed by atoms with Gasteiger partial charge in [0, 0.05) is 50.2 Å². The van der Waals surface area contributed by atoms with Crippen LogP contribution in [0.5, 0.6) is 0 Å². The number of fused-ring (bicyclic) bond motifs is 6. The van der Waals surface area contributed by atoms with E-state index in [4.69, 9.17) is 14.0 Å². The summed E-state index contributed by atoms with van der Waals surface area (Å²) in [5, 5.41) is 6.33. The third-order valence-corrected chi connectivity index (χ3v) is 11.2. The van der Waals surface area contributed by atoms with Crippen molar-refractivity contribution in [3.05, 3.63) is 167 Å². The zero-order valence-corrected chi connectivity index (χ0v) is 38.6. The molecule has 0 aliphatic heterocycles. The Morgan fingerprint density at radius 1 is 0.656 bits per heavy atom. The minimum Gasteiger partial charge on any atom is -0.501 e. The molecule has 0 bridgehead atoms. The van der Waals surface area contributed by atoms with Crippen LogP contribution in [-0.2, 0) is 25.5 Å². The van der Waals surface area contributed by atoms with Crippen molar-refractivity contribution in [3.8, 4) is 33.6 Å². The van der Waals surface area contributed by atoms with Gasteiger partial charge in [-0.2, -0.15) is 0 Å². The Bertz CT molecular complexity index is 3290. The van der Waals surface area contributed by atoms with Crippen LogP contribution in [0.1, 0.15) is 126 Å². The van der Waals surface area contributed by atoms with Crippen LogP contribution >= 0.6 is 0 Å². The van der Waals surface area contributed by atoms with Gasteiger partial charge in [-0.25, -0.2) is 0 Å². The number of furan rings is 1. The Labute approximate surface area is 388 Å². The molecule has 61 heavy (non-hydrogen) atoms. The number of nitrogens with zero attached hydrogens (tertiary/aromatic N) is 2. The molecule has 9 aromatic rings. The van der Waals surface area contributed by atoms with Crippen LogP contribution < -0.4 is 0 Å². The van der Waals surface area contributed by atoms with E-state index in [1.54, 1.807) is 59.7 Å². The van der Waals surface area contributed by atoms with Crippen molar-refractivity contribution in [1.29, 1.82) is 0 Å². The second-order valence-electron chi connectivity index (χ2n) is 17.3. The van der Waals surface area contributed by atoms with Crippen LogP contribution in [-0.4, -0.2) is 9.97 Å². The number of aromatic nitrogens is 2. The summed E-state index contributed by atoms with van der Waals surface area (Å²) in [6.07, 6.45) is 3.25. The average molecular weight is 986 g/mol. The van der Waals surface area contributed by atoms with Gasteiger partial charge in [0.1, 0.15) is 5.58 Å². The second kappa shape index (κ2) is 17.5. The molecule has 0 aliphatic rings. The second-order valence-corrected chi connectivity index (χ2v) is 17.3. The van der Waals surface area contributed by atoms with E-state index in [1.807, 2.05) is 54.7 Å². The first-order valence-corrected chi connectivity index (χ1v) is 20.4. The maximum absolute atomic E-state index is 9.19. The monoisotopic (exact) mass is 986 g/mol. The topological polar surface area (TPSA) is 38.9 Å². The van der Waals surface area contributed by atoms with Crippen molar-refractivity contribution in [1.82, 2.24) is 9.97 Å². The van der Waals surface area contributed by atoms with Crippen LogP contribution in [0.15, 0.2) is 126 Å². The Hall–Kier alpha value is -5.41. The molecule has 0 saturated heterocycles. The normalized spacial score (nSPS) is 14.9. The van der Waals surface area contributed by atoms with E-state index in [0.717, 1.165) is 49.2 Å². The first-order valence-electron chi connectivity index (χ1n) is 24.9. The molecule has 0 atom stereocenters. The van der Waals surface area contributed by atoms with Crippen molar-refractivity contribution in [2.75, 3.05) is 0 Å². The standard InChI is InChI=1S/C41H38NO.C16H18N.Ir/c1-23(2)29-18-33(24(3)4)40(34(19-29)25(5)6)35-20-38(42-22-26(35)7)32-14-10-13-31-37-17-28-16-15-27-11-8-9-12-30(27)36(28)21-39(37)43-41(31)32;1-12-5-7-13(8-6-12)15-10-9-14(11-17-15)16(2,3)4;/h8-13,15-25H,1-7H3;5-7,9-11H,1-4H3;/q2*-1;/i7D3,23D,24D,25D;1D3;. The Morgan fingerprint density at radius 3 is 2.03 bits per heavy atom. The fourth-order valence-electron chi connectivity index (χ4n) is 7.82. The van der Waals surface area contributed by atoms with Gasteiger partial charge < -0.3 is 14.4 Å². The number of hydrogen-bond acceptors (Lipinski definition) is 3. The fourth-order valence-corrected chi connectivity index (χ4v) is 7.82. The fraction of sp³-hybridized carbons (Fsp3) is 0.263. The zero-order chi connectivity index (χ0) is 50.2. The number of pyridine rings is 2. The quantitative estimate of drug-likeness (QED) is 0.123. The molecular formula is C57H56IrN2O-2. The molecule has 3 nitrogen and oxygen atoms in total. The van der Waals surface area contributed by atoms with Gasteiger partial charge in [-0.05, 0) is 114 Å². The Morgan fingerprint density at radius 2 is 1.39 bits per heavy atom. The molecule has 3 heterocycles. The molecule has 4 heteroatoms. The summed E-state index contributed by atoms with van der Waals surface area (Å²) in [7, 11) is 0. The van der Waals surface area contributed by atoms with Crippen molar-refractivity contribution in [2.45, 2.75) is 99.1 Å². The minimum absolute atomic E-state index is 0. The summed E-state index contributed by atoms with van der Waals surface area (Å²) in [5.74, 6) is -3.36. The van der Waals surface area contributed by atoms with Gasteiger partial charge in [0.05, 0.1) is 5.58 Å². The molecule has 0 unspecified atom stereocenters. The van der Waals surface area contributed by atoms with Crippen LogP contribution in [0.4, 0.5) is 0 Å². The number of rotatable bonds is 6. The van der Waals surface area contributed by atoms with Crippen LogP contribution in [0, 0.1) is 25.8 Å². The van der Waals surface area contributed by atoms with Gasteiger partial charge in [-0.15, -0.1) is 53.6 Å². The van der Waals surface area contributed by atoms with Crippen LogP contribution in [0.3, 0.4) is 0 Å². The third-order valence-electron chi connectivity index (χ3n) is 11.2. The predicted octanol–water partition coefficient (Wildman–Crippen LogP) is 16.3. The maximum Gasteiger partial charge on any atom is 0.121 e. The smallest absolute Gasteiger partial charge is 0.121 e. The molecular weight excluding hydrogens is 921 g/mol. The summed E-state index contributed by atoms with van der Waals surface area (Å²) in [4.78, 5) is 9.12. The van der Waals surface area contributed by atoms with Gasteiger partial charge in [0.2, 0.25) is 0 Å². The molecule has 6 aromatic carbocycles. The molecule has 0 N–H and O–H groups in total. The number of aryl methyl sites for hydroxylation is 2. The van der Waals surface area contributed by atoms with E-state index < -0.39 is 31.4 Å². The molecule has 311 valence electrons. The third kappa shape index (κ3) is 8.72. The van der Waals surface area contributed by atoms with Gasteiger partial charge in [0.25, 0.3) is 0 Å². The molecule has 0 saturated carbocycles. The van der Waals surface area contributed by atoms with Gasteiger partial charge >= 0.3 is 0 Å². The Kier molecular flexibility index (Phi) is 9.55. The predicted molar refractivity (Wildman–Crippen MR) is 255 cm³/mol. The van der Waals surface area contributed by atoms with Gasteiger partial charge in [-0.1, -0.05) is 147 Å². The summed E-state index contributed by atoms with van der Waals surface area (Å²) in [6.45, 7) is 12.4. The van der Waals surface area contributed by atoms with E-state index in [0.29, 0.717) is 50.2 Å². The van der Waals surface area contributed by atoms with E-state index >= 15 is 0 Å². The van der Waals surface area contributed by atoms with E-state index in [-0.39, 0.29) is 31.1 Å². The first-order chi connectivity index (χ1) is 32.0. The molecule has 1 radical (unpaired) electrons. The van der Waals surface area contributed by atoms with Crippen molar-refractivity contribution < 1.29 is 36.9 Å². The SMILES string of the molecule is [2H]C([2H])([2H])c1c[c-]c(-c2ccc(C(C)(C)C)cn2)cc1.[2H]C([2H])([2H])c1cnc(-c2[c-]ccc3c2oc2cc4c(ccc5ccccc54)cc23)cc1-c1c(C([2H])(C)C)cc(C([2H])(C)C)cc1C([2H])(C)C.[Ir].